The molecule has 1 aromatic carbocycles. The van der Waals surface area contributed by atoms with E-state index < -0.39 is 0 Å². The lowest BCUT2D eigenvalue weighted by Crippen LogP contribution is -2.12. The molecule has 35 heavy (non-hydrogen) atoms. The molecular weight excluding hydrogens is 456 g/mol. The Morgan fingerprint density at radius 2 is 1.34 bits per heavy atom. The molecule has 6 nitrogen and oxygen atoms in total. The van der Waals surface area contributed by atoms with E-state index in [0.29, 0.717) is 22.1 Å². The van der Waals surface area contributed by atoms with Gasteiger partial charge in [0.15, 0.2) is 11.6 Å². The fourth-order valence-corrected chi connectivity index (χ4v) is 5.09. The maximum Gasteiger partial charge on any atom is 0.219 e. The number of hydrogen-bond donors (Lipinski definition) is 0. The van der Waals surface area contributed by atoms with Crippen LogP contribution in [0.25, 0.3) is 5.69 Å². The molecule has 0 spiro atoms. The quantitative estimate of drug-likeness (QED) is 0.171. The minimum atomic E-state index is -0.151. The Balaban J connectivity index is 1.32. The largest absolute Gasteiger partial charge is 0.290 e. The first kappa shape index (κ1) is 27.1. The number of aromatic nitrogens is 4. The highest BCUT2D eigenvalue weighted by Gasteiger charge is 2.23. The van der Waals surface area contributed by atoms with Gasteiger partial charge >= 0.3 is 0 Å². The van der Waals surface area contributed by atoms with Gasteiger partial charge in [-0.15, -0.1) is 5.10 Å². The zero-order valence-electron chi connectivity index (χ0n) is 21.0. The highest BCUT2D eigenvalue weighted by molar-refractivity contribution is 8.03. The van der Waals surface area contributed by atoms with Crippen molar-refractivity contribution in [2.24, 2.45) is 0 Å². The van der Waals surface area contributed by atoms with Gasteiger partial charge in [-0.2, -0.15) is 4.68 Å². The van der Waals surface area contributed by atoms with Gasteiger partial charge in [0.1, 0.15) is 0 Å². The third-order valence-electron chi connectivity index (χ3n) is 6.32. The maximum atomic E-state index is 12.7. The van der Waals surface area contributed by atoms with E-state index in [4.69, 9.17) is 0 Å². The van der Waals surface area contributed by atoms with Crippen molar-refractivity contribution in [1.29, 1.82) is 0 Å². The van der Waals surface area contributed by atoms with Crippen molar-refractivity contribution in [2.45, 2.75) is 102 Å². The van der Waals surface area contributed by atoms with Crippen LogP contribution in [0.1, 0.15) is 96.8 Å². The van der Waals surface area contributed by atoms with Gasteiger partial charge in [0, 0.05) is 11.6 Å². The molecular formula is C28H38N4O2S. The van der Waals surface area contributed by atoms with Crippen molar-refractivity contribution in [3.05, 3.63) is 53.0 Å². The summed E-state index contributed by atoms with van der Waals surface area (Å²) in [6, 6.07) is 9.47. The molecule has 0 atom stereocenters. The Morgan fingerprint density at radius 1 is 0.743 bits per heavy atom. The predicted molar refractivity (Wildman–Crippen MR) is 142 cm³/mol. The Hall–Kier alpha value is -2.54. The molecule has 2 aromatic rings. The average Bonchev–Trinajstić information content (AvgIpc) is 3.33. The number of carbonyl (C=O) groups excluding carboxylic acids is 2. The van der Waals surface area contributed by atoms with Gasteiger partial charge in [-0.05, 0) is 53.2 Å². The summed E-state index contributed by atoms with van der Waals surface area (Å²) >= 11 is 1.13. The van der Waals surface area contributed by atoms with Crippen LogP contribution in [0.2, 0.25) is 0 Å². The number of thioether (sulfide) groups is 1. The summed E-state index contributed by atoms with van der Waals surface area (Å²) < 4.78 is 1.57. The standard InChI is InChI=1S/C28H38N4O2S/c1-2-3-4-5-6-7-8-9-10-11-12-13-15-18-23-21-26(34)27(22-25(23)33)35-28-29-30-31-32(28)24-19-16-14-17-20-24/h14,16-17,19-22H,2-13,15,18H2,1H3. The molecule has 1 heterocycles. The smallest absolute Gasteiger partial charge is 0.219 e. The Kier molecular flexibility index (Phi) is 11.9. The van der Waals surface area contributed by atoms with Gasteiger partial charge < -0.3 is 0 Å². The minimum Gasteiger partial charge on any atom is -0.290 e. The third-order valence-corrected chi connectivity index (χ3v) is 7.30. The Bertz CT molecular complexity index is 997. The second kappa shape index (κ2) is 15.5. The molecule has 0 saturated heterocycles. The van der Waals surface area contributed by atoms with E-state index in [1.165, 1.54) is 82.8 Å². The molecule has 1 aliphatic rings. The molecule has 0 amide bonds. The van der Waals surface area contributed by atoms with Crippen LogP contribution in [0.5, 0.6) is 0 Å². The lowest BCUT2D eigenvalue weighted by molar-refractivity contribution is -0.114. The third kappa shape index (κ3) is 9.21. The Morgan fingerprint density at radius 3 is 1.97 bits per heavy atom. The zero-order valence-corrected chi connectivity index (χ0v) is 21.8. The number of ketones is 2. The van der Waals surface area contributed by atoms with E-state index in [0.717, 1.165) is 30.3 Å². The van der Waals surface area contributed by atoms with Crippen molar-refractivity contribution in [1.82, 2.24) is 20.2 Å². The fraction of sp³-hybridized carbons (Fsp3) is 0.536. The first-order valence-electron chi connectivity index (χ1n) is 13.2. The molecule has 7 heteroatoms. The van der Waals surface area contributed by atoms with Crippen LogP contribution in [0.4, 0.5) is 0 Å². The molecule has 1 aliphatic carbocycles. The van der Waals surface area contributed by atoms with E-state index in [1.54, 1.807) is 4.68 Å². The first-order valence-corrected chi connectivity index (χ1v) is 14.0. The fourth-order valence-electron chi connectivity index (χ4n) is 4.26. The lowest BCUT2D eigenvalue weighted by atomic mass is 9.97. The van der Waals surface area contributed by atoms with Gasteiger partial charge in [-0.25, -0.2) is 0 Å². The van der Waals surface area contributed by atoms with Crippen LogP contribution in [0.15, 0.2) is 58.1 Å². The van der Waals surface area contributed by atoms with E-state index in [9.17, 15) is 9.59 Å². The van der Waals surface area contributed by atoms with Crippen molar-refractivity contribution >= 4 is 23.3 Å². The molecule has 0 fully saturated rings. The van der Waals surface area contributed by atoms with E-state index >= 15 is 0 Å². The molecule has 0 saturated carbocycles. The summed E-state index contributed by atoms with van der Waals surface area (Å²) in [5.41, 5.74) is 1.42. The number of unbranched alkanes of at least 4 members (excludes halogenated alkanes) is 12. The van der Waals surface area contributed by atoms with Gasteiger partial charge in [0.05, 0.1) is 10.6 Å². The minimum absolute atomic E-state index is 0.0789. The topological polar surface area (TPSA) is 77.7 Å². The van der Waals surface area contributed by atoms with Crippen LogP contribution < -0.4 is 0 Å². The maximum absolute atomic E-state index is 12.7. The van der Waals surface area contributed by atoms with Crippen LogP contribution in [0.3, 0.4) is 0 Å². The summed E-state index contributed by atoms with van der Waals surface area (Å²) in [5, 5.41) is 12.2. The summed E-state index contributed by atoms with van der Waals surface area (Å²) in [4.78, 5) is 25.6. The van der Waals surface area contributed by atoms with Crippen molar-refractivity contribution in [2.75, 3.05) is 0 Å². The normalized spacial score (nSPS) is 13.7. The zero-order chi connectivity index (χ0) is 24.7. The van der Waals surface area contributed by atoms with E-state index in [1.807, 2.05) is 30.3 Å². The highest BCUT2D eigenvalue weighted by Crippen LogP contribution is 2.30. The van der Waals surface area contributed by atoms with Gasteiger partial charge in [-0.3, -0.25) is 9.59 Å². The predicted octanol–water partition coefficient (Wildman–Crippen LogP) is 7.20. The Labute approximate surface area is 213 Å². The number of tetrazole rings is 1. The van der Waals surface area contributed by atoms with Gasteiger partial charge in [-0.1, -0.05) is 102 Å². The number of hydrogen-bond acceptors (Lipinski definition) is 6. The van der Waals surface area contributed by atoms with Crippen LogP contribution in [0, 0.1) is 0 Å². The number of carbonyl (C=O) groups is 2. The molecule has 0 radical (unpaired) electrons. The molecule has 188 valence electrons. The van der Waals surface area contributed by atoms with Crippen LogP contribution >= 0.6 is 11.8 Å². The number of para-hydroxylation sites is 1. The monoisotopic (exact) mass is 494 g/mol. The molecule has 1 aromatic heterocycles. The summed E-state index contributed by atoms with van der Waals surface area (Å²) in [7, 11) is 0. The van der Waals surface area contributed by atoms with Crippen molar-refractivity contribution in [3.8, 4) is 5.69 Å². The van der Waals surface area contributed by atoms with Crippen LogP contribution in [-0.2, 0) is 9.59 Å². The summed E-state index contributed by atoms with van der Waals surface area (Å²) in [6.45, 7) is 2.26. The first-order chi connectivity index (χ1) is 17.2. The lowest BCUT2D eigenvalue weighted by Gasteiger charge is -2.12. The number of nitrogens with zero attached hydrogens (tertiary/aromatic N) is 4. The van der Waals surface area contributed by atoms with E-state index in [-0.39, 0.29) is 11.6 Å². The van der Waals surface area contributed by atoms with Crippen molar-refractivity contribution < 1.29 is 9.59 Å². The van der Waals surface area contributed by atoms with E-state index in [2.05, 4.69) is 22.4 Å². The number of rotatable bonds is 17. The van der Waals surface area contributed by atoms with Gasteiger partial charge in [0.2, 0.25) is 5.16 Å². The number of benzene rings is 1. The average molecular weight is 495 g/mol. The second-order valence-corrected chi connectivity index (χ2v) is 10.2. The molecule has 3 rings (SSSR count). The summed E-state index contributed by atoms with van der Waals surface area (Å²) in [6.07, 6.45) is 20.4. The van der Waals surface area contributed by atoms with Crippen LogP contribution in [-0.4, -0.2) is 31.8 Å². The highest BCUT2D eigenvalue weighted by atomic mass is 32.2. The number of allylic oxidation sites excluding steroid dienone is 4. The van der Waals surface area contributed by atoms with Gasteiger partial charge in [0.25, 0.3) is 0 Å². The second-order valence-electron chi connectivity index (χ2n) is 9.21. The SMILES string of the molecule is CCCCCCCCCCCCCCCC1=CC(=O)C(Sc2nnnn2-c2ccccc2)=CC1=O. The molecule has 0 bridgehead atoms. The molecule has 0 aliphatic heterocycles. The molecule has 0 unspecified atom stereocenters. The summed E-state index contributed by atoms with van der Waals surface area (Å²) in [5.74, 6) is -0.230. The molecule has 0 N–H and O–H groups in total. The van der Waals surface area contributed by atoms with Crippen molar-refractivity contribution in [3.63, 3.8) is 0 Å².